The highest BCUT2D eigenvalue weighted by molar-refractivity contribution is 9.09. The number of benzene rings is 1. The Hall–Kier alpha value is -1.36. The molecular weight excluding hydrogens is 250 g/mol. The molecule has 0 saturated heterocycles. The molecule has 0 aliphatic carbocycles. The summed E-state index contributed by atoms with van der Waals surface area (Å²) in [4.78, 5) is 21.5. The fourth-order valence-corrected chi connectivity index (χ4v) is 1.06. The number of alkyl halides is 1. The van der Waals surface area contributed by atoms with E-state index in [0.717, 1.165) is 0 Å². The van der Waals surface area contributed by atoms with E-state index < -0.39 is 5.97 Å². The first-order valence-electron chi connectivity index (χ1n) is 3.82. The summed E-state index contributed by atoms with van der Waals surface area (Å²) in [7, 11) is 0. The van der Waals surface area contributed by atoms with E-state index in [4.69, 9.17) is 5.11 Å². The molecule has 0 aliphatic heterocycles. The SMILES string of the molecule is O=C(CBr)Nc1cccc(C(=O)O)c1. The molecule has 1 amide bonds. The van der Waals surface area contributed by atoms with Crippen molar-refractivity contribution in [1.29, 1.82) is 0 Å². The van der Waals surface area contributed by atoms with Crippen LogP contribution in [-0.2, 0) is 4.79 Å². The van der Waals surface area contributed by atoms with Gasteiger partial charge in [0.25, 0.3) is 0 Å². The zero-order chi connectivity index (χ0) is 10.6. The average molecular weight is 258 g/mol. The second-order valence-corrected chi connectivity index (χ2v) is 3.13. The summed E-state index contributed by atoms with van der Waals surface area (Å²) in [5.74, 6) is -1.23. The number of carbonyl (C=O) groups is 2. The number of hydrogen-bond acceptors (Lipinski definition) is 2. The molecule has 2 N–H and O–H groups in total. The molecule has 0 saturated carbocycles. The Morgan fingerprint density at radius 1 is 1.43 bits per heavy atom. The van der Waals surface area contributed by atoms with Crippen LogP contribution < -0.4 is 5.32 Å². The third-order valence-electron chi connectivity index (χ3n) is 1.51. The molecule has 0 spiro atoms. The van der Waals surface area contributed by atoms with Gasteiger partial charge in [-0.25, -0.2) is 4.79 Å². The summed E-state index contributed by atoms with van der Waals surface area (Å²) in [5, 5.41) is 11.4. The molecule has 0 fully saturated rings. The van der Waals surface area contributed by atoms with Crippen LogP contribution in [-0.4, -0.2) is 22.3 Å². The number of hydrogen-bond donors (Lipinski definition) is 2. The van der Waals surface area contributed by atoms with Crippen molar-refractivity contribution in [1.82, 2.24) is 0 Å². The minimum absolute atomic E-state index is 0.150. The van der Waals surface area contributed by atoms with Crippen molar-refractivity contribution in [2.45, 2.75) is 0 Å². The van der Waals surface area contributed by atoms with E-state index in [-0.39, 0.29) is 16.8 Å². The predicted molar refractivity (Wildman–Crippen MR) is 55.8 cm³/mol. The lowest BCUT2D eigenvalue weighted by molar-refractivity contribution is -0.113. The van der Waals surface area contributed by atoms with Crippen LogP contribution in [0.1, 0.15) is 10.4 Å². The van der Waals surface area contributed by atoms with Crippen LogP contribution >= 0.6 is 15.9 Å². The van der Waals surface area contributed by atoms with Gasteiger partial charge in [-0.2, -0.15) is 0 Å². The van der Waals surface area contributed by atoms with Gasteiger partial charge in [0.1, 0.15) is 0 Å². The molecule has 0 atom stereocenters. The average Bonchev–Trinajstić information content (AvgIpc) is 2.18. The van der Waals surface area contributed by atoms with Gasteiger partial charge in [-0.05, 0) is 18.2 Å². The molecule has 4 nitrogen and oxygen atoms in total. The molecular formula is C9H8BrNO3. The van der Waals surface area contributed by atoms with Gasteiger partial charge in [0.05, 0.1) is 10.9 Å². The highest BCUT2D eigenvalue weighted by Gasteiger charge is 2.04. The first-order valence-corrected chi connectivity index (χ1v) is 4.95. The zero-order valence-electron chi connectivity index (χ0n) is 7.16. The second kappa shape index (κ2) is 4.76. The van der Waals surface area contributed by atoms with Gasteiger partial charge in [-0.15, -0.1) is 0 Å². The molecule has 0 radical (unpaired) electrons. The second-order valence-electron chi connectivity index (χ2n) is 2.57. The van der Waals surface area contributed by atoms with Crippen molar-refractivity contribution >= 4 is 33.5 Å². The zero-order valence-corrected chi connectivity index (χ0v) is 8.74. The number of carboxylic acid groups (broad SMARTS) is 1. The van der Waals surface area contributed by atoms with E-state index in [0.29, 0.717) is 5.69 Å². The van der Waals surface area contributed by atoms with E-state index in [9.17, 15) is 9.59 Å². The smallest absolute Gasteiger partial charge is 0.335 e. The lowest BCUT2D eigenvalue weighted by Gasteiger charge is -2.03. The third kappa shape index (κ3) is 2.85. The summed E-state index contributed by atoms with van der Waals surface area (Å²) in [6.45, 7) is 0. The summed E-state index contributed by atoms with van der Waals surface area (Å²) in [6.07, 6.45) is 0. The summed E-state index contributed by atoms with van der Waals surface area (Å²) in [6, 6.07) is 6.08. The summed E-state index contributed by atoms with van der Waals surface area (Å²) >= 11 is 2.99. The monoisotopic (exact) mass is 257 g/mol. The fourth-order valence-electron chi connectivity index (χ4n) is 0.924. The van der Waals surface area contributed by atoms with E-state index in [1.807, 2.05) is 0 Å². The van der Waals surface area contributed by atoms with Gasteiger partial charge < -0.3 is 10.4 Å². The molecule has 14 heavy (non-hydrogen) atoms. The molecule has 1 aromatic carbocycles. The van der Waals surface area contributed by atoms with Gasteiger partial charge in [-0.1, -0.05) is 22.0 Å². The molecule has 1 rings (SSSR count). The van der Waals surface area contributed by atoms with E-state index in [1.165, 1.54) is 12.1 Å². The van der Waals surface area contributed by atoms with Crippen molar-refractivity contribution in [3.63, 3.8) is 0 Å². The minimum atomic E-state index is -1.01. The van der Waals surface area contributed by atoms with Crippen LogP contribution in [0.25, 0.3) is 0 Å². The standard InChI is InChI=1S/C9H8BrNO3/c10-5-8(12)11-7-3-1-2-6(4-7)9(13)14/h1-4H,5H2,(H,11,12)(H,13,14). The largest absolute Gasteiger partial charge is 0.478 e. The van der Waals surface area contributed by atoms with Crippen LogP contribution in [0.4, 0.5) is 5.69 Å². The van der Waals surface area contributed by atoms with Gasteiger partial charge in [0.2, 0.25) is 5.91 Å². The van der Waals surface area contributed by atoms with Gasteiger partial charge >= 0.3 is 5.97 Å². The Bertz CT molecular complexity index is 365. The van der Waals surface area contributed by atoms with Crippen LogP contribution in [0.15, 0.2) is 24.3 Å². The van der Waals surface area contributed by atoms with Crippen LogP contribution in [0.5, 0.6) is 0 Å². The molecule has 0 unspecified atom stereocenters. The van der Waals surface area contributed by atoms with Crippen LogP contribution in [0, 0.1) is 0 Å². The Kier molecular flexibility index (Phi) is 3.64. The molecule has 1 aromatic rings. The topological polar surface area (TPSA) is 66.4 Å². The van der Waals surface area contributed by atoms with E-state index in [2.05, 4.69) is 21.2 Å². The Balaban J connectivity index is 2.83. The highest BCUT2D eigenvalue weighted by Crippen LogP contribution is 2.10. The number of carbonyl (C=O) groups excluding carboxylic acids is 1. The first-order chi connectivity index (χ1) is 6.63. The van der Waals surface area contributed by atoms with E-state index in [1.54, 1.807) is 12.1 Å². The Morgan fingerprint density at radius 3 is 2.71 bits per heavy atom. The number of rotatable bonds is 3. The molecule has 0 heterocycles. The number of anilines is 1. The van der Waals surface area contributed by atoms with Crippen molar-refractivity contribution in [3.8, 4) is 0 Å². The van der Waals surface area contributed by atoms with Gasteiger partial charge in [-0.3, -0.25) is 4.79 Å². The van der Waals surface area contributed by atoms with Crippen molar-refractivity contribution in [2.24, 2.45) is 0 Å². The lowest BCUT2D eigenvalue weighted by Crippen LogP contribution is -2.12. The van der Waals surface area contributed by atoms with E-state index >= 15 is 0 Å². The van der Waals surface area contributed by atoms with Gasteiger partial charge in [0, 0.05) is 5.69 Å². The Labute approximate surface area is 89.1 Å². The molecule has 0 bridgehead atoms. The van der Waals surface area contributed by atoms with Crippen molar-refractivity contribution < 1.29 is 14.7 Å². The number of aromatic carboxylic acids is 1. The highest BCUT2D eigenvalue weighted by atomic mass is 79.9. The lowest BCUT2D eigenvalue weighted by atomic mass is 10.2. The van der Waals surface area contributed by atoms with Crippen LogP contribution in [0.3, 0.4) is 0 Å². The van der Waals surface area contributed by atoms with Gasteiger partial charge in [0.15, 0.2) is 0 Å². The minimum Gasteiger partial charge on any atom is -0.478 e. The predicted octanol–water partition coefficient (Wildman–Crippen LogP) is 1.72. The normalized spacial score (nSPS) is 9.50. The Morgan fingerprint density at radius 2 is 2.14 bits per heavy atom. The molecule has 5 heteroatoms. The molecule has 0 aliphatic rings. The molecule has 74 valence electrons. The maximum absolute atomic E-state index is 11.0. The quantitative estimate of drug-likeness (QED) is 0.811. The first kappa shape index (κ1) is 10.7. The van der Waals surface area contributed by atoms with Crippen molar-refractivity contribution in [3.05, 3.63) is 29.8 Å². The number of nitrogens with one attached hydrogen (secondary N) is 1. The summed E-state index contributed by atoms with van der Waals surface area (Å²) < 4.78 is 0. The molecule has 0 aromatic heterocycles. The number of amides is 1. The van der Waals surface area contributed by atoms with Crippen LogP contribution in [0.2, 0.25) is 0 Å². The fraction of sp³-hybridized carbons (Fsp3) is 0.111. The third-order valence-corrected chi connectivity index (χ3v) is 2.02. The number of halogens is 1. The number of carboxylic acids is 1. The maximum Gasteiger partial charge on any atom is 0.335 e. The maximum atomic E-state index is 11.0. The summed E-state index contributed by atoms with van der Waals surface area (Å²) in [5.41, 5.74) is 0.631. The van der Waals surface area contributed by atoms with Crippen molar-refractivity contribution in [2.75, 3.05) is 10.6 Å².